The molecule has 1 aromatic heterocycles. The van der Waals surface area contributed by atoms with Gasteiger partial charge in [-0.3, -0.25) is 0 Å². The van der Waals surface area contributed by atoms with Gasteiger partial charge in [0, 0.05) is 12.7 Å². The quantitative estimate of drug-likeness (QED) is 0.911. The lowest BCUT2D eigenvalue weighted by Crippen LogP contribution is -2.30. The normalized spacial score (nSPS) is 10.4. The van der Waals surface area contributed by atoms with Crippen LogP contribution in [0.4, 0.5) is 14.9 Å². The fourth-order valence-corrected chi connectivity index (χ4v) is 1.97. The van der Waals surface area contributed by atoms with Crippen LogP contribution in [0.25, 0.3) is 0 Å². The first-order chi connectivity index (χ1) is 9.45. The minimum Gasteiger partial charge on any atom is -0.452 e. The standard InChI is InChI=1S/C14H14BrFN2O2/c1-9-3-4-10(7-12(9)16)17-14(19)18(2)8-11-5-6-13(15)20-11/h3-7H,8H2,1-2H3,(H,17,19). The van der Waals surface area contributed by atoms with Crippen molar-refractivity contribution in [3.05, 3.63) is 52.1 Å². The Balaban J connectivity index is 1.98. The molecule has 0 fully saturated rings. The maximum absolute atomic E-state index is 13.4. The smallest absolute Gasteiger partial charge is 0.321 e. The molecule has 0 aliphatic carbocycles. The third-order valence-corrected chi connectivity index (χ3v) is 3.22. The van der Waals surface area contributed by atoms with Crippen LogP contribution in [0, 0.1) is 12.7 Å². The topological polar surface area (TPSA) is 45.5 Å². The number of hydrogen-bond acceptors (Lipinski definition) is 2. The van der Waals surface area contributed by atoms with Gasteiger partial charge in [0.05, 0.1) is 6.54 Å². The van der Waals surface area contributed by atoms with Crippen LogP contribution in [-0.2, 0) is 6.54 Å². The van der Waals surface area contributed by atoms with Crippen molar-refractivity contribution in [1.82, 2.24) is 4.90 Å². The molecule has 4 nitrogen and oxygen atoms in total. The summed E-state index contributed by atoms with van der Waals surface area (Å²) in [6, 6.07) is 7.78. The van der Waals surface area contributed by atoms with E-state index in [1.807, 2.05) is 0 Å². The zero-order valence-corrected chi connectivity index (χ0v) is 12.7. The van der Waals surface area contributed by atoms with Gasteiger partial charge in [0.1, 0.15) is 11.6 Å². The van der Waals surface area contributed by atoms with E-state index < -0.39 is 0 Å². The monoisotopic (exact) mass is 340 g/mol. The van der Waals surface area contributed by atoms with Gasteiger partial charge in [-0.1, -0.05) is 6.07 Å². The van der Waals surface area contributed by atoms with E-state index in [-0.39, 0.29) is 11.8 Å². The maximum Gasteiger partial charge on any atom is 0.321 e. The molecule has 1 heterocycles. The summed E-state index contributed by atoms with van der Waals surface area (Å²) in [6.45, 7) is 1.99. The molecule has 0 unspecified atom stereocenters. The van der Waals surface area contributed by atoms with Gasteiger partial charge in [-0.25, -0.2) is 9.18 Å². The van der Waals surface area contributed by atoms with Crippen LogP contribution >= 0.6 is 15.9 Å². The summed E-state index contributed by atoms with van der Waals surface area (Å²) in [5.74, 6) is 0.310. The Hall–Kier alpha value is -1.82. The number of nitrogens with zero attached hydrogens (tertiary/aromatic N) is 1. The molecular weight excluding hydrogens is 327 g/mol. The third kappa shape index (κ3) is 3.60. The molecule has 0 atom stereocenters. The molecule has 0 aliphatic rings. The van der Waals surface area contributed by atoms with Crippen LogP contribution in [0.3, 0.4) is 0 Å². The molecule has 6 heteroatoms. The highest BCUT2D eigenvalue weighted by atomic mass is 79.9. The Labute approximate surface area is 124 Å². The van der Waals surface area contributed by atoms with E-state index in [0.717, 1.165) is 0 Å². The van der Waals surface area contributed by atoms with Crippen molar-refractivity contribution in [3.63, 3.8) is 0 Å². The first-order valence-electron chi connectivity index (χ1n) is 5.98. The van der Waals surface area contributed by atoms with Crippen LogP contribution < -0.4 is 5.32 Å². The van der Waals surface area contributed by atoms with Crippen molar-refractivity contribution < 1.29 is 13.6 Å². The lowest BCUT2D eigenvalue weighted by Gasteiger charge is -2.16. The SMILES string of the molecule is Cc1ccc(NC(=O)N(C)Cc2ccc(Br)o2)cc1F. The number of carbonyl (C=O) groups excluding carboxylic acids is 1. The van der Waals surface area contributed by atoms with Crippen LogP contribution in [0.5, 0.6) is 0 Å². The summed E-state index contributed by atoms with van der Waals surface area (Å²) < 4.78 is 19.3. The van der Waals surface area contributed by atoms with Crippen LogP contribution in [-0.4, -0.2) is 18.0 Å². The predicted octanol–water partition coefficient (Wildman–Crippen LogP) is 4.15. The summed E-state index contributed by atoms with van der Waals surface area (Å²) in [5, 5.41) is 2.63. The number of benzene rings is 1. The molecule has 0 spiro atoms. The van der Waals surface area contributed by atoms with Gasteiger partial charge in [-0.15, -0.1) is 0 Å². The van der Waals surface area contributed by atoms with Gasteiger partial charge in [-0.2, -0.15) is 0 Å². The van der Waals surface area contributed by atoms with Gasteiger partial charge >= 0.3 is 6.03 Å². The maximum atomic E-state index is 13.4. The van der Waals surface area contributed by atoms with Crippen LogP contribution in [0.1, 0.15) is 11.3 Å². The second kappa shape index (κ2) is 6.09. The van der Waals surface area contributed by atoms with Crippen molar-refractivity contribution in [3.8, 4) is 0 Å². The number of rotatable bonds is 3. The van der Waals surface area contributed by atoms with Crippen molar-refractivity contribution >= 4 is 27.6 Å². The lowest BCUT2D eigenvalue weighted by molar-refractivity contribution is 0.216. The third-order valence-electron chi connectivity index (χ3n) is 2.79. The number of halogens is 2. The number of nitrogens with one attached hydrogen (secondary N) is 1. The summed E-state index contributed by atoms with van der Waals surface area (Å²) in [4.78, 5) is 13.4. The molecule has 2 aromatic rings. The molecule has 0 aliphatic heterocycles. The van der Waals surface area contributed by atoms with Crippen LogP contribution in [0.15, 0.2) is 39.4 Å². The van der Waals surface area contributed by atoms with E-state index in [4.69, 9.17) is 4.42 Å². The second-order valence-corrected chi connectivity index (χ2v) is 5.24. The summed E-state index contributed by atoms with van der Waals surface area (Å²) in [6.07, 6.45) is 0. The molecule has 106 valence electrons. The number of carbonyl (C=O) groups is 1. The summed E-state index contributed by atoms with van der Waals surface area (Å²) >= 11 is 3.20. The number of urea groups is 1. The molecular formula is C14H14BrFN2O2. The van der Waals surface area contributed by atoms with Gasteiger partial charge in [0.15, 0.2) is 4.67 Å². The van der Waals surface area contributed by atoms with Crippen molar-refractivity contribution in [2.75, 3.05) is 12.4 Å². The first kappa shape index (κ1) is 14.6. The van der Waals surface area contributed by atoms with E-state index in [1.54, 1.807) is 38.2 Å². The Morgan fingerprint density at radius 2 is 2.15 bits per heavy atom. The van der Waals surface area contributed by atoms with Crippen LogP contribution in [0.2, 0.25) is 0 Å². The van der Waals surface area contributed by atoms with Gasteiger partial charge in [0.25, 0.3) is 0 Å². The number of amides is 2. The predicted molar refractivity (Wildman–Crippen MR) is 78.0 cm³/mol. The highest BCUT2D eigenvalue weighted by Crippen LogP contribution is 2.17. The fraction of sp³-hybridized carbons (Fsp3) is 0.214. The molecule has 1 aromatic carbocycles. The average molecular weight is 341 g/mol. The van der Waals surface area contributed by atoms with E-state index in [9.17, 15) is 9.18 Å². The molecule has 1 N–H and O–H groups in total. The van der Waals surface area contributed by atoms with E-state index in [1.165, 1.54) is 11.0 Å². The highest BCUT2D eigenvalue weighted by molar-refractivity contribution is 9.10. The second-order valence-electron chi connectivity index (χ2n) is 4.46. The molecule has 0 saturated carbocycles. The zero-order valence-electron chi connectivity index (χ0n) is 11.1. The van der Waals surface area contributed by atoms with Crippen molar-refractivity contribution in [1.29, 1.82) is 0 Å². The molecule has 0 radical (unpaired) electrons. The number of furan rings is 1. The van der Waals surface area contributed by atoms with Gasteiger partial charge in [0.2, 0.25) is 0 Å². The Morgan fingerprint density at radius 3 is 2.75 bits per heavy atom. The van der Waals surface area contributed by atoms with E-state index in [2.05, 4.69) is 21.2 Å². The highest BCUT2D eigenvalue weighted by Gasteiger charge is 2.12. The summed E-state index contributed by atoms with van der Waals surface area (Å²) in [5.41, 5.74) is 0.961. The number of anilines is 1. The van der Waals surface area contributed by atoms with E-state index >= 15 is 0 Å². The number of aryl methyl sites for hydroxylation is 1. The fourth-order valence-electron chi connectivity index (χ4n) is 1.63. The first-order valence-corrected chi connectivity index (χ1v) is 6.77. The molecule has 0 bridgehead atoms. The molecule has 2 amide bonds. The average Bonchev–Trinajstić information content (AvgIpc) is 2.79. The molecule has 0 saturated heterocycles. The van der Waals surface area contributed by atoms with Crippen molar-refractivity contribution in [2.24, 2.45) is 0 Å². The number of hydrogen-bond donors (Lipinski definition) is 1. The molecule has 2 rings (SSSR count). The van der Waals surface area contributed by atoms with Gasteiger partial charge in [-0.05, 0) is 52.7 Å². The zero-order chi connectivity index (χ0) is 14.7. The molecule has 20 heavy (non-hydrogen) atoms. The van der Waals surface area contributed by atoms with E-state index in [0.29, 0.717) is 28.2 Å². The lowest BCUT2D eigenvalue weighted by atomic mass is 10.2. The van der Waals surface area contributed by atoms with Gasteiger partial charge < -0.3 is 14.6 Å². The Bertz CT molecular complexity index is 627. The summed E-state index contributed by atoms with van der Waals surface area (Å²) in [7, 11) is 1.64. The Kier molecular flexibility index (Phi) is 4.44. The largest absolute Gasteiger partial charge is 0.452 e. The Morgan fingerprint density at radius 1 is 1.40 bits per heavy atom. The van der Waals surface area contributed by atoms with Crippen molar-refractivity contribution in [2.45, 2.75) is 13.5 Å². The minimum atomic E-state index is -0.347. The minimum absolute atomic E-state index is 0.325.